The van der Waals surface area contributed by atoms with Gasteiger partial charge in [0.25, 0.3) is 0 Å². The van der Waals surface area contributed by atoms with E-state index in [0.29, 0.717) is 13.1 Å². The third-order valence-electron chi connectivity index (χ3n) is 4.64. The summed E-state index contributed by atoms with van der Waals surface area (Å²) in [5.41, 5.74) is -0.650. The molecule has 2 N–H and O–H groups in total. The van der Waals surface area contributed by atoms with Crippen LogP contribution in [0, 0.1) is 5.92 Å². The summed E-state index contributed by atoms with van der Waals surface area (Å²) < 4.78 is 39.1. The monoisotopic (exact) mass is 373 g/mol. The number of piperidine rings is 1. The number of amides is 2. The summed E-state index contributed by atoms with van der Waals surface area (Å²) in [5.74, 6) is 0.279. The van der Waals surface area contributed by atoms with Crippen molar-refractivity contribution in [2.24, 2.45) is 5.92 Å². The number of aliphatic hydroxyl groups excluding tert-OH is 1. The van der Waals surface area contributed by atoms with Crippen LogP contribution in [0.2, 0.25) is 0 Å². The Morgan fingerprint density at radius 3 is 2.81 bits per heavy atom. The number of hydrogen-bond acceptors (Lipinski definition) is 3. The van der Waals surface area contributed by atoms with Crippen molar-refractivity contribution < 1.29 is 23.1 Å². The fourth-order valence-electron chi connectivity index (χ4n) is 3.22. The second-order valence-corrected chi connectivity index (χ2v) is 6.73. The Bertz CT molecular complexity index is 595. The zero-order valence-corrected chi connectivity index (χ0v) is 14.9. The molecule has 1 aromatic carbocycles. The van der Waals surface area contributed by atoms with Crippen LogP contribution in [0.1, 0.15) is 24.0 Å². The van der Waals surface area contributed by atoms with Crippen molar-refractivity contribution in [1.29, 1.82) is 0 Å². The fourth-order valence-corrected chi connectivity index (χ4v) is 3.22. The van der Waals surface area contributed by atoms with Gasteiger partial charge >= 0.3 is 12.2 Å². The Morgan fingerprint density at radius 1 is 1.38 bits per heavy atom. The first-order chi connectivity index (χ1) is 12.3. The number of alkyl halides is 3. The minimum Gasteiger partial charge on any atom is -0.396 e. The van der Waals surface area contributed by atoms with Crippen LogP contribution in [0.25, 0.3) is 0 Å². The molecular formula is C18H26F3N3O2. The summed E-state index contributed by atoms with van der Waals surface area (Å²) in [5, 5.41) is 12.0. The maximum absolute atomic E-state index is 13.0. The lowest BCUT2D eigenvalue weighted by molar-refractivity contribution is -0.138. The number of benzene rings is 1. The van der Waals surface area contributed by atoms with Crippen molar-refractivity contribution in [2.75, 3.05) is 39.8 Å². The van der Waals surface area contributed by atoms with Crippen LogP contribution in [-0.2, 0) is 12.7 Å². The van der Waals surface area contributed by atoms with Crippen molar-refractivity contribution in [3.05, 3.63) is 35.4 Å². The van der Waals surface area contributed by atoms with E-state index in [2.05, 4.69) is 10.2 Å². The number of carbonyl (C=O) groups excluding carboxylic acids is 1. The van der Waals surface area contributed by atoms with E-state index in [0.717, 1.165) is 32.0 Å². The minimum absolute atomic E-state index is 0.0690. The zero-order chi connectivity index (χ0) is 19.2. The van der Waals surface area contributed by atoms with Gasteiger partial charge in [0.1, 0.15) is 0 Å². The van der Waals surface area contributed by atoms with Gasteiger partial charge in [-0.25, -0.2) is 4.79 Å². The first-order valence-electron chi connectivity index (χ1n) is 8.78. The smallest absolute Gasteiger partial charge is 0.396 e. The third-order valence-corrected chi connectivity index (χ3v) is 4.64. The molecule has 146 valence electrons. The van der Waals surface area contributed by atoms with Crippen LogP contribution in [0.5, 0.6) is 0 Å². The number of likely N-dealkylation sites (tertiary alicyclic amines) is 1. The molecule has 5 nitrogen and oxygen atoms in total. The molecule has 1 aliphatic rings. The first kappa shape index (κ1) is 20.5. The number of aliphatic hydroxyl groups is 1. The lowest BCUT2D eigenvalue weighted by Crippen LogP contribution is -2.44. The summed E-state index contributed by atoms with van der Waals surface area (Å²) in [6.45, 7) is 2.88. The van der Waals surface area contributed by atoms with Gasteiger partial charge in [0.2, 0.25) is 0 Å². The van der Waals surface area contributed by atoms with Crippen molar-refractivity contribution in [3.8, 4) is 0 Å². The van der Waals surface area contributed by atoms with Gasteiger partial charge in [-0.3, -0.25) is 0 Å². The van der Waals surface area contributed by atoms with Crippen LogP contribution in [0.4, 0.5) is 18.0 Å². The molecule has 2 amide bonds. The van der Waals surface area contributed by atoms with E-state index >= 15 is 0 Å². The van der Waals surface area contributed by atoms with E-state index in [-0.39, 0.29) is 24.6 Å². The Balaban J connectivity index is 1.81. The van der Waals surface area contributed by atoms with Gasteiger partial charge in [0.05, 0.1) is 5.56 Å². The number of carbonyl (C=O) groups is 1. The largest absolute Gasteiger partial charge is 0.416 e. The van der Waals surface area contributed by atoms with Crippen molar-refractivity contribution in [2.45, 2.75) is 25.6 Å². The van der Waals surface area contributed by atoms with Gasteiger partial charge in [-0.2, -0.15) is 13.2 Å². The molecule has 26 heavy (non-hydrogen) atoms. The number of halogens is 3. The average Bonchev–Trinajstić information content (AvgIpc) is 2.61. The number of urea groups is 1. The third kappa shape index (κ3) is 5.88. The molecule has 1 fully saturated rings. The van der Waals surface area contributed by atoms with E-state index < -0.39 is 17.8 Å². The summed E-state index contributed by atoms with van der Waals surface area (Å²) >= 11 is 0. The van der Waals surface area contributed by atoms with Crippen LogP contribution >= 0.6 is 0 Å². The van der Waals surface area contributed by atoms with Gasteiger partial charge in [-0.15, -0.1) is 0 Å². The second kappa shape index (κ2) is 9.23. The van der Waals surface area contributed by atoms with Crippen LogP contribution in [0.3, 0.4) is 0 Å². The lowest BCUT2D eigenvalue weighted by Gasteiger charge is -2.31. The van der Waals surface area contributed by atoms with Gasteiger partial charge in [0.15, 0.2) is 0 Å². The average molecular weight is 373 g/mol. The molecule has 1 aliphatic heterocycles. The van der Waals surface area contributed by atoms with E-state index in [1.165, 1.54) is 30.1 Å². The molecule has 2 rings (SSSR count). The van der Waals surface area contributed by atoms with Gasteiger partial charge in [-0.1, -0.05) is 18.2 Å². The first-order valence-corrected chi connectivity index (χ1v) is 8.78. The van der Waals surface area contributed by atoms with Crippen LogP contribution in [-0.4, -0.2) is 60.8 Å². The molecule has 1 heterocycles. The van der Waals surface area contributed by atoms with E-state index in [1.54, 1.807) is 0 Å². The van der Waals surface area contributed by atoms with E-state index in [9.17, 15) is 23.1 Å². The molecule has 0 aromatic heterocycles. The highest BCUT2D eigenvalue weighted by Crippen LogP contribution is 2.32. The van der Waals surface area contributed by atoms with E-state index in [4.69, 9.17) is 0 Å². The molecule has 0 saturated carbocycles. The summed E-state index contributed by atoms with van der Waals surface area (Å²) in [7, 11) is 1.48. The maximum atomic E-state index is 13.0. The molecule has 0 radical (unpaired) electrons. The van der Waals surface area contributed by atoms with Gasteiger partial charge in [0, 0.05) is 39.8 Å². The Hall–Kier alpha value is -1.80. The molecule has 1 aromatic rings. The normalized spacial score (nSPS) is 18.6. The predicted molar refractivity (Wildman–Crippen MR) is 92.6 cm³/mol. The SMILES string of the molecule is CN(Cc1ccccc1C(F)(F)F)C(=O)NCCN1CCC[C@@H](CO)C1. The number of nitrogens with zero attached hydrogens (tertiary/aromatic N) is 2. The van der Waals surface area contributed by atoms with Crippen LogP contribution < -0.4 is 5.32 Å². The highest BCUT2D eigenvalue weighted by Gasteiger charge is 2.33. The Kier molecular flexibility index (Phi) is 7.28. The van der Waals surface area contributed by atoms with Crippen LogP contribution in [0.15, 0.2) is 24.3 Å². The summed E-state index contributed by atoms with van der Waals surface area (Å²) in [4.78, 5) is 15.6. The second-order valence-electron chi connectivity index (χ2n) is 6.73. The molecular weight excluding hydrogens is 347 g/mol. The molecule has 0 aliphatic carbocycles. The standard InChI is InChI=1S/C18H26F3N3O2/c1-23(12-15-6-2-3-7-16(15)18(19,20)21)17(26)22-8-10-24-9-4-5-14(11-24)13-25/h2-3,6-7,14,25H,4-5,8-13H2,1H3,(H,22,26)/t14-/m1/s1. The number of rotatable bonds is 6. The quantitative estimate of drug-likeness (QED) is 0.806. The van der Waals surface area contributed by atoms with Crippen molar-refractivity contribution >= 4 is 6.03 Å². The topological polar surface area (TPSA) is 55.8 Å². The summed E-state index contributed by atoms with van der Waals surface area (Å²) in [6, 6.07) is 4.87. The molecule has 1 saturated heterocycles. The van der Waals surface area contributed by atoms with E-state index in [1.807, 2.05) is 0 Å². The number of nitrogens with one attached hydrogen (secondary N) is 1. The zero-order valence-electron chi connectivity index (χ0n) is 14.9. The Morgan fingerprint density at radius 2 is 2.12 bits per heavy atom. The highest BCUT2D eigenvalue weighted by atomic mass is 19.4. The minimum atomic E-state index is -4.44. The maximum Gasteiger partial charge on any atom is 0.416 e. The molecule has 0 unspecified atom stereocenters. The highest BCUT2D eigenvalue weighted by molar-refractivity contribution is 5.73. The fraction of sp³-hybridized carbons (Fsp3) is 0.611. The molecule has 0 spiro atoms. The van der Waals surface area contributed by atoms with Gasteiger partial charge in [-0.05, 0) is 36.9 Å². The van der Waals surface area contributed by atoms with Crippen molar-refractivity contribution in [1.82, 2.24) is 15.1 Å². The van der Waals surface area contributed by atoms with Gasteiger partial charge < -0.3 is 20.2 Å². The Labute approximate surface area is 151 Å². The molecule has 1 atom stereocenters. The van der Waals surface area contributed by atoms with Crippen molar-refractivity contribution in [3.63, 3.8) is 0 Å². The summed E-state index contributed by atoms with van der Waals surface area (Å²) in [6.07, 6.45) is -2.40. The molecule has 0 bridgehead atoms. The lowest BCUT2D eigenvalue weighted by atomic mass is 9.99. The molecule has 8 heteroatoms. The predicted octanol–water partition coefficient (Wildman–Crippen LogP) is 2.55. The number of hydrogen-bond donors (Lipinski definition) is 2.